The standard InChI is InChI=1S/C20H15F3N2O2S/c1-25-19(15-7-9-17(10-8-15)20(21,22)23)16(13-24-25)6-3-14-4-11-18(12-5-14)28(2,26)27/h4-5,7-13H,1-2H3. The minimum absolute atomic E-state index is 0.199. The first kappa shape index (κ1) is 19.7. The molecule has 4 nitrogen and oxygen atoms in total. The lowest BCUT2D eigenvalue weighted by atomic mass is 10.1. The van der Waals surface area contributed by atoms with Crippen molar-refractivity contribution >= 4 is 9.84 Å². The lowest BCUT2D eigenvalue weighted by Gasteiger charge is -2.08. The summed E-state index contributed by atoms with van der Waals surface area (Å²) < 4.78 is 62.8. The van der Waals surface area contributed by atoms with Crippen LogP contribution in [0.5, 0.6) is 0 Å². The van der Waals surface area contributed by atoms with Crippen LogP contribution < -0.4 is 0 Å². The number of halogens is 3. The van der Waals surface area contributed by atoms with Gasteiger partial charge in [-0.05, 0) is 36.4 Å². The van der Waals surface area contributed by atoms with E-state index >= 15 is 0 Å². The average molecular weight is 404 g/mol. The van der Waals surface area contributed by atoms with Gasteiger partial charge in [-0.3, -0.25) is 4.68 Å². The van der Waals surface area contributed by atoms with Crippen LogP contribution in [0.15, 0.2) is 59.6 Å². The largest absolute Gasteiger partial charge is 0.416 e. The third-order valence-corrected chi connectivity index (χ3v) is 5.18. The molecule has 28 heavy (non-hydrogen) atoms. The van der Waals surface area contributed by atoms with Crippen LogP contribution in [-0.2, 0) is 23.1 Å². The highest BCUT2D eigenvalue weighted by atomic mass is 32.2. The molecule has 0 aliphatic heterocycles. The Bertz CT molecular complexity index is 1170. The van der Waals surface area contributed by atoms with E-state index in [-0.39, 0.29) is 4.90 Å². The second kappa shape index (κ2) is 7.17. The molecule has 1 aromatic heterocycles. The lowest BCUT2D eigenvalue weighted by Crippen LogP contribution is -2.04. The molecule has 0 fully saturated rings. The van der Waals surface area contributed by atoms with Gasteiger partial charge in [0.25, 0.3) is 0 Å². The van der Waals surface area contributed by atoms with E-state index in [1.54, 1.807) is 23.9 Å². The first-order valence-electron chi connectivity index (χ1n) is 8.07. The van der Waals surface area contributed by atoms with E-state index in [0.29, 0.717) is 22.4 Å². The number of sulfone groups is 1. The molecule has 0 radical (unpaired) electrons. The van der Waals surface area contributed by atoms with Gasteiger partial charge in [-0.15, -0.1) is 0 Å². The molecule has 8 heteroatoms. The average Bonchev–Trinajstić information content (AvgIpc) is 2.99. The van der Waals surface area contributed by atoms with Crippen LogP contribution in [0.25, 0.3) is 11.3 Å². The second-order valence-electron chi connectivity index (χ2n) is 6.15. The molecule has 0 spiro atoms. The molecule has 0 aliphatic carbocycles. The van der Waals surface area contributed by atoms with Crippen molar-refractivity contribution in [2.75, 3.05) is 6.26 Å². The summed E-state index contributed by atoms with van der Waals surface area (Å²) in [5, 5.41) is 4.14. The molecular formula is C20H15F3N2O2S. The maximum atomic E-state index is 12.8. The maximum absolute atomic E-state index is 12.8. The van der Waals surface area contributed by atoms with E-state index in [0.717, 1.165) is 18.4 Å². The van der Waals surface area contributed by atoms with E-state index in [4.69, 9.17) is 0 Å². The van der Waals surface area contributed by atoms with Crippen molar-refractivity contribution < 1.29 is 21.6 Å². The zero-order chi connectivity index (χ0) is 20.5. The number of rotatable bonds is 2. The van der Waals surface area contributed by atoms with E-state index in [2.05, 4.69) is 16.9 Å². The van der Waals surface area contributed by atoms with Gasteiger partial charge >= 0.3 is 6.18 Å². The molecule has 3 rings (SSSR count). The molecule has 0 unspecified atom stereocenters. The fourth-order valence-electron chi connectivity index (χ4n) is 2.61. The second-order valence-corrected chi connectivity index (χ2v) is 8.17. The molecule has 0 saturated carbocycles. The van der Waals surface area contributed by atoms with Gasteiger partial charge in [0.05, 0.1) is 27.9 Å². The van der Waals surface area contributed by atoms with E-state index in [1.807, 2.05) is 0 Å². The summed E-state index contributed by atoms with van der Waals surface area (Å²) in [7, 11) is -1.60. The number of aryl methyl sites for hydroxylation is 1. The van der Waals surface area contributed by atoms with Gasteiger partial charge in [-0.25, -0.2) is 8.42 Å². The maximum Gasteiger partial charge on any atom is 0.416 e. The summed E-state index contributed by atoms with van der Waals surface area (Å²) in [4.78, 5) is 0.199. The first-order valence-corrected chi connectivity index (χ1v) is 9.96. The third-order valence-electron chi connectivity index (χ3n) is 4.05. The Hall–Kier alpha value is -3.05. The minimum atomic E-state index is -4.40. The van der Waals surface area contributed by atoms with Gasteiger partial charge in [0.15, 0.2) is 9.84 Å². The quantitative estimate of drug-likeness (QED) is 0.609. The lowest BCUT2D eigenvalue weighted by molar-refractivity contribution is -0.137. The van der Waals surface area contributed by atoms with Gasteiger partial charge in [0, 0.05) is 24.4 Å². The van der Waals surface area contributed by atoms with Crippen LogP contribution in [0.1, 0.15) is 16.7 Å². The van der Waals surface area contributed by atoms with Gasteiger partial charge in [-0.2, -0.15) is 18.3 Å². The molecule has 0 bridgehead atoms. The zero-order valence-electron chi connectivity index (χ0n) is 14.9. The van der Waals surface area contributed by atoms with Crippen molar-refractivity contribution in [2.24, 2.45) is 7.05 Å². The smallest absolute Gasteiger partial charge is 0.267 e. The number of nitrogens with zero attached hydrogens (tertiary/aromatic N) is 2. The van der Waals surface area contributed by atoms with Crippen LogP contribution in [0.2, 0.25) is 0 Å². The van der Waals surface area contributed by atoms with Crippen molar-refractivity contribution in [1.82, 2.24) is 9.78 Å². The van der Waals surface area contributed by atoms with E-state index < -0.39 is 21.6 Å². The number of hydrogen-bond donors (Lipinski definition) is 0. The summed E-state index contributed by atoms with van der Waals surface area (Å²) in [5.41, 5.74) is 1.58. The predicted octanol–water partition coefficient (Wildman–Crippen LogP) is 3.91. The fourth-order valence-corrected chi connectivity index (χ4v) is 3.24. The van der Waals surface area contributed by atoms with Crippen molar-refractivity contribution in [3.05, 3.63) is 71.4 Å². The molecule has 2 aromatic carbocycles. The Morgan fingerprint density at radius 2 is 1.57 bits per heavy atom. The van der Waals surface area contributed by atoms with E-state index in [9.17, 15) is 21.6 Å². The Morgan fingerprint density at radius 3 is 2.11 bits per heavy atom. The van der Waals surface area contributed by atoms with Gasteiger partial charge in [0.1, 0.15) is 0 Å². The van der Waals surface area contributed by atoms with Crippen molar-refractivity contribution in [2.45, 2.75) is 11.1 Å². The van der Waals surface area contributed by atoms with Crippen LogP contribution in [0.4, 0.5) is 13.2 Å². The predicted molar refractivity (Wildman–Crippen MR) is 99.2 cm³/mol. The Balaban J connectivity index is 1.94. The van der Waals surface area contributed by atoms with Crippen LogP contribution >= 0.6 is 0 Å². The topological polar surface area (TPSA) is 52.0 Å². The van der Waals surface area contributed by atoms with Crippen LogP contribution in [0.3, 0.4) is 0 Å². The summed E-state index contributed by atoms with van der Waals surface area (Å²) in [6.07, 6.45) is -1.74. The Labute approximate surface area is 160 Å². The Kier molecular flexibility index (Phi) is 5.04. The summed E-state index contributed by atoms with van der Waals surface area (Å²) >= 11 is 0. The molecular weight excluding hydrogens is 389 g/mol. The van der Waals surface area contributed by atoms with Gasteiger partial charge in [0.2, 0.25) is 0 Å². The summed E-state index contributed by atoms with van der Waals surface area (Å²) in [6.45, 7) is 0. The van der Waals surface area contributed by atoms with E-state index in [1.165, 1.54) is 30.5 Å². The highest BCUT2D eigenvalue weighted by Gasteiger charge is 2.30. The monoisotopic (exact) mass is 404 g/mol. The molecule has 144 valence electrons. The van der Waals surface area contributed by atoms with Crippen molar-refractivity contribution in [1.29, 1.82) is 0 Å². The highest BCUT2D eigenvalue weighted by molar-refractivity contribution is 7.90. The molecule has 0 amide bonds. The number of hydrogen-bond acceptors (Lipinski definition) is 3. The molecule has 0 atom stereocenters. The number of benzene rings is 2. The molecule has 0 N–H and O–H groups in total. The normalized spacial score (nSPS) is 11.8. The number of alkyl halides is 3. The zero-order valence-corrected chi connectivity index (χ0v) is 15.8. The Morgan fingerprint density at radius 1 is 0.964 bits per heavy atom. The van der Waals surface area contributed by atoms with Crippen LogP contribution in [0, 0.1) is 11.8 Å². The van der Waals surface area contributed by atoms with Crippen molar-refractivity contribution in [3.8, 4) is 23.1 Å². The van der Waals surface area contributed by atoms with Crippen molar-refractivity contribution in [3.63, 3.8) is 0 Å². The summed E-state index contributed by atoms with van der Waals surface area (Å²) in [6, 6.07) is 10.9. The van der Waals surface area contributed by atoms with Gasteiger partial charge in [-0.1, -0.05) is 24.0 Å². The molecule has 0 aliphatic rings. The molecule has 3 aromatic rings. The highest BCUT2D eigenvalue weighted by Crippen LogP contribution is 2.31. The molecule has 0 saturated heterocycles. The third kappa shape index (κ3) is 4.26. The first-order chi connectivity index (χ1) is 13.1. The van der Waals surface area contributed by atoms with Crippen LogP contribution in [-0.4, -0.2) is 24.5 Å². The minimum Gasteiger partial charge on any atom is -0.267 e. The molecule has 1 heterocycles. The summed E-state index contributed by atoms with van der Waals surface area (Å²) in [5.74, 6) is 5.87. The fraction of sp³-hybridized carbons (Fsp3) is 0.150. The van der Waals surface area contributed by atoms with Gasteiger partial charge < -0.3 is 0 Å². The number of aromatic nitrogens is 2. The SMILES string of the molecule is Cn1ncc(C#Cc2ccc(S(C)(=O)=O)cc2)c1-c1ccc(C(F)(F)F)cc1.